The van der Waals surface area contributed by atoms with E-state index in [9.17, 15) is 10.2 Å². The summed E-state index contributed by atoms with van der Waals surface area (Å²) in [5.41, 5.74) is 0. The molecule has 4 nitrogen and oxygen atoms in total. The van der Waals surface area contributed by atoms with Crippen LogP contribution in [0.4, 0.5) is 0 Å². The van der Waals surface area contributed by atoms with Gasteiger partial charge in [-0.3, -0.25) is 0 Å². The first-order valence-corrected chi connectivity index (χ1v) is 4.63. The Morgan fingerprint density at radius 1 is 1.15 bits per heavy atom. The second kappa shape index (κ2) is 3.92. The van der Waals surface area contributed by atoms with Crippen LogP contribution in [0.25, 0.3) is 0 Å². The summed E-state index contributed by atoms with van der Waals surface area (Å²) in [6.07, 6.45) is -1.90. The van der Waals surface area contributed by atoms with Crippen LogP contribution in [0, 0.1) is 5.92 Å². The topological polar surface area (TPSA) is 52.9 Å². The van der Waals surface area contributed by atoms with E-state index in [2.05, 4.69) is 0 Å². The Kier molecular flexibility index (Phi) is 3.29. The van der Waals surface area contributed by atoms with Crippen molar-refractivity contribution in [2.45, 2.75) is 38.4 Å². The fourth-order valence-electron chi connectivity index (χ4n) is 1.96. The van der Waals surface area contributed by atoms with Gasteiger partial charge in [-0.25, -0.2) is 0 Å². The van der Waals surface area contributed by atoms with Crippen LogP contribution in [0.15, 0.2) is 0 Å². The molecule has 0 aromatic rings. The van der Waals surface area contributed by atoms with E-state index < -0.39 is 12.4 Å². The summed E-state index contributed by atoms with van der Waals surface area (Å²) < 4.78 is 5.17. The highest BCUT2D eigenvalue weighted by atomic mass is 16.6. The Labute approximate surface area is 79.1 Å². The molecule has 1 saturated heterocycles. The number of hydrogen-bond acceptors (Lipinski definition) is 4. The van der Waals surface area contributed by atoms with Gasteiger partial charge in [0.15, 0.2) is 6.29 Å². The first-order chi connectivity index (χ1) is 5.95. The molecule has 2 N–H and O–H groups in total. The molecule has 0 radical (unpaired) electrons. The predicted molar refractivity (Wildman–Crippen MR) is 49.2 cm³/mol. The summed E-state index contributed by atoms with van der Waals surface area (Å²) in [5.74, 6) is 0.216. The van der Waals surface area contributed by atoms with Gasteiger partial charge in [-0.15, -0.1) is 0 Å². The molecule has 1 aliphatic rings. The summed E-state index contributed by atoms with van der Waals surface area (Å²) >= 11 is 0. The van der Waals surface area contributed by atoms with Gasteiger partial charge in [0.2, 0.25) is 0 Å². The van der Waals surface area contributed by atoms with Crippen LogP contribution in [-0.4, -0.2) is 53.7 Å². The summed E-state index contributed by atoms with van der Waals surface area (Å²) in [5, 5.41) is 19.1. The van der Waals surface area contributed by atoms with E-state index in [-0.39, 0.29) is 18.1 Å². The van der Waals surface area contributed by atoms with E-state index in [1.165, 1.54) is 0 Å². The largest absolute Gasteiger partial charge is 0.386 e. The molecular formula is C9H19NO3. The Hall–Kier alpha value is -0.160. The average molecular weight is 189 g/mol. The smallest absolute Gasteiger partial charge is 0.182 e. The van der Waals surface area contributed by atoms with Gasteiger partial charge in [-0.2, -0.15) is 0 Å². The molecule has 5 unspecified atom stereocenters. The van der Waals surface area contributed by atoms with E-state index >= 15 is 0 Å². The number of likely N-dealkylation sites (N-methyl/N-ethyl adjacent to an activating group) is 1. The average Bonchev–Trinajstić information content (AvgIpc) is 2.01. The normalized spacial score (nSPS) is 46.8. The minimum Gasteiger partial charge on any atom is -0.386 e. The van der Waals surface area contributed by atoms with E-state index in [1.807, 2.05) is 32.8 Å². The van der Waals surface area contributed by atoms with Crippen LogP contribution >= 0.6 is 0 Å². The van der Waals surface area contributed by atoms with Crippen LogP contribution in [-0.2, 0) is 4.74 Å². The number of aliphatic hydroxyl groups is 2. The van der Waals surface area contributed by atoms with Gasteiger partial charge in [0.25, 0.3) is 0 Å². The van der Waals surface area contributed by atoms with Gasteiger partial charge in [0.1, 0.15) is 6.10 Å². The van der Waals surface area contributed by atoms with E-state index in [0.717, 1.165) is 0 Å². The first-order valence-electron chi connectivity index (χ1n) is 4.63. The fourth-order valence-corrected chi connectivity index (χ4v) is 1.96. The predicted octanol–water partition coefficient (Wildman–Crippen LogP) is -0.349. The molecule has 0 aliphatic carbocycles. The zero-order valence-electron chi connectivity index (χ0n) is 8.64. The third kappa shape index (κ3) is 2.02. The molecule has 1 rings (SSSR count). The molecule has 5 atom stereocenters. The minimum absolute atomic E-state index is 0.0224. The van der Waals surface area contributed by atoms with Crippen molar-refractivity contribution in [3.63, 3.8) is 0 Å². The maximum Gasteiger partial charge on any atom is 0.182 e. The van der Waals surface area contributed by atoms with Crippen molar-refractivity contribution in [1.82, 2.24) is 4.90 Å². The standard InChI is InChI=1S/C9H19NO3/c1-5-6(2)13-9(12)8(11)7(5)10(3)4/h5-9,11-12H,1-4H3. The lowest BCUT2D eigenvalue weighted by Gasteiger charge is -2.43. The third-order valence-corrected chi connectivity index (χ3v) is 2.87. The Morgan fingerprint density at radius 2 is 1.69 bits per heavy atom. The van der Waals surface area contributed by atoms with Crippen LogP contribution in [0.5, 0.6) is 0 Å². The Morgan fingerprint density at radius 3 is 2.15 bits per heavy atom. The van der Waals surface area contributed by atoms with Crippen molar-refractivity contribution in [2.24, 2.45) is 5.92 Å². The van der Waals surface area contributed by atoms with E-state index in [4.69, 9.17) is 4.74 Å². The minimum atomic E-state index is -1.06. The quantitative estimate of drug-likeness (QED) is 0.592. The molecule has 4 heteroatoms. The lowest BCUT2D eigenvalue weighted by Crippen LogP contribution is -2.57. The molecule has 1 fully saturated rings. The number of nitrogens with zero attached hydrogens (tertiary/aromatic N) is 1. The molecule has 0 bridgehead atoms. The molecule has 0 spiro atoms. The van der Waals surface area contributed by atoms with Gasteiger partial charge in [0, 0.05) is 12.0 Å². The molecule has 0 amide bonds. The molecule has 78 valence electrons. The molecular weight excluding hydrogens is 170 g/mol. The summed E-state index contributed by atoms with van der Waals surface area (Å²) in [6, 6.07) is -0.0428. The highest BCUT2D eigenvalue weighted by molar-refractivity contribution is 4.89. The van der Waals surface area contributed by atoms with Crippen molar-refractivity contribution in [1.29, 1.82) is 0 Å². The van der Waals surface area contributed by atoms with Gasteiger partial charge in [-0.1, -0.05) is 6.92 Å². The molecule has 0 aromatic heterocycles. The highest BCUT2D eigenvalue weighted by Gasteiger charge is 2.41. The van der Waals surface area contributed by atoms with Crippen molar-refractivity contribution < 1.29 is 14.9 Å². The summed E-state index contributed by atoms with van der Waals surface area (Å²) in [7, 11) is 3.80. The highest BCUT2D eigenvalue weighted by Crippen LogP contribution is 2.27. The van der Waals surface area contributed by atoms with Crippen LogP contribution in [0.2, 0.25) is 0 Å². The number of hydrogen-bond donors (Lipinski definition) is 2. The van der Waals surface area contributed by atoms with Gasteiger partial charge in [-0.05, 0) is 21.0 Å². The first kappa shape index (κ1) is 10.9. The Bertz CT molecular complexity index is 160. The van der Waals surface area contributed by atoms with Gasteiger partial charge >= 0.3 is 0 Å². The molecule has 1 heterocycles. The fraction of sp³-hybridized carbons (Fsp3) is 1.00. The van der Waals surface area contributed by atoms with Crippen molar-refractivity contribution in [2.75, 3.05) is 14.1 Å². The second-order valence-electron chi connectivity index (χ2n) is 4.04. The van der Waals surface area contributed by atoms with E-state index in [0.29, 0.717) is 0 Å². The molecule has 1 aliphatic heterocycles. The summed E-state index contributed by atoms with van der Waals surface area (Å²) in [4.78, 5) is 1.93. The Balaban J connectivity index is 2.76. The lowest BCUT2D eigenvalue weighted by molar-refractivity contribution is -0.247. The lowest BCUT2D eigenvalue weighted by atomic mass is 9.88. The SMILES string of the molecule is CC1OC(O)C(O)C(N(C)C)C1C. The zero-order valence-corrected chi connectivity index (χ0v) is 8.64. The van der Waals surface area contributed by atoms with Crippen molar-refractivity contribution >= 4 is 0 Å². The monoisotopic (exact) mass is 189 g/mol. The van der Waals surface area contributed by atoms with Crippen LogP contribution in [0.1, 0.15) is 13.8 Å². The van der Waals surface area contributed by atoms with Gasteiger partial charge < -0.3 is 19.8 Å². The van der Waals surface area contributed by atoms with Crippen molar-refractivity contribution in [3.05, 3.63) is 0 Å². The zero-order chi connectivity index (χ0) is 10.2. The number of rotatable bonds is 1. The molecule has 13 heavy (non-hydrogen) atoms. The van der Waals surface area contributed by atoms with Crippen LogP contribution in [0.3, 0.4) is 0 Å². The maximum atomic E-state index is 9.68. The molecule has 0 aromatic carbocycles. The number of ether oxygens (including phenoxy) is 1. The third-order valence-electron chi connectivity index (χ3n) is 2.87. The second-order valence-corrected chi connectivity index (χ2v) is 4.04. The summed E-state index contributed by atoms with van der Waals surface area (Å²) in [6.45, 7) is 3.93. The maximum absolute atomic E-state index is 9.68. The van der Waals surface area contributed by atoms with Crippen molar-refractivity contribution in [3.8, 4) is 0 Å². The van der Waals surface area contributed by atoms with E-state index in [1.54, 1.807) is 0 Å². The van der Waals surface area contributed by atoms with Crippen LogP contribution < -0.4 is 0 Å². The molecule has 0 saturated carbocycles. The number of aliphatic hydroxyl groups excluding tert-OH is 2. The van der Waals surface area contributed by atoms with Gasteiger partial charge in [0.05, 0.1) is 6.10 Å².